The van der Waals surface area contributed by atoms with Crippen molar-refractivity contribution in [2.45, 2.75) is 45.4 Å². The fourth-order valence-electron chi connectivity index (χ4n) is 2.46. The van der Waals surface area contributed by atoms with Crippen LogP contribution in [0.15, 0.2) is 54.6 Å². The Morgan fingerprint density at radius 3 is 2.05 bits per heavy atom. The van der Waals surface area contributed by atoms with Crippen molar-refractivity contribution in [3.63, 3.8) is 0 Å². The standard InChI is InChI=1S/C19H25N/c1-4-5-15-19(2,3)16-11-13-18(14-12-16)20-17-9-7-6-8-10-17/h6-14,20H,4-5,15H2,1-3H3. The summed E-state index contributed by atoms with van der Waals surface area (Å²) in [6.45, 7) is 6.92. The lowest BCUT2D eigenvalue weighted by Crippen LogP contribution is -2.16. The summed E-state index contributed by atoms with van der Waals surface area (Å²) in [4.78, 5) is 0. The van der Waals surface area contributed by atoms with E-state index in [0.717, 1.165) is 11.4 Å². The molecule has 2 aromatic carbocycles. The van der Waals surface area contributed by atoms with Crippen LogP contribution < -0.4 is 5.32 Å². The van der Waals surface area contributed by atoms with Crippen LogP contribution in [0.25, 0.3) is 0 Å². The van der Waals surface area contributed by atoms with Gasteiger partial charge in [-0.05, 0) is 41.7 Å². The molecule has 0 bridgehead atoms. The van der Waals surface area contributed by atoms with E-state index < -0.39 is 0 Å². The highest BCUT2D eigenvalue weighted by Crippen LogP contribution is 2.30. The van der Waals surface area contributed by atoms with E-state index in [2.05, 4.69) is 62.5 Å². The zero-order valence-corrected chi connectivity index (χ0v) is 12.8. The third-order valence-corrected chi connectivity index (χ3v) is 3.88. The number of nitrogens with one attached hydrogen (secondary N) is 1. The first-order valence-electron chi connectivity index (χ1n) is 7.54. The van der Waals surface area contributed by atoms with Gasteiger partial charge < -0.3 is 5.32 Å². The molecule has 0 unspecified atom stereocenters. The van der Waals surface area contributed by atoms with E-state index in [1.807, 2.05) is 18.2 Å². The highest BCUT2D eigenvalue weighted by atomic mass is 14.9. The topological polar surface area (TPSA) is 12.0 Å². The van der Waals surface area contributed by atoms with E-state index in [0.29, 0.717) is 0 Å². The van der Waals surface area contributed by atoms with Crippen LogP contribution in [0.5, 0.6) is 0 Å². The van der Waals surface area contributed by atoms with Gasteiger partial charge in [0.1, 0.15) is 0 Å². The van der Waals surface area contributed by atoms with E-state index >= 15 is 0 Å². The molecule has 0 aromatic heterocycles. The maximum Gasteiger partial charge on any atom is 0.0384 e. The second kappa shape index (κ2) is 6.60. The fourth-order valence-corrected chi connectivity index (χ4v) is 2.46. The van der Waals surface area contributed by atoms with Crippen molar-refractivity contribution in [1.29, 1.82) is 0 Å². The van der Waals surface area contributed by atoms with E-state index in [4.69, 9.17) is 0 Å². The highest BCUT2D eigenvalue weighted by Gasteiger charge is 2.19. The average Bonchev–Trinajstić information content (AvgIpc) is 2.47. The summed E-state index contributed by atoms with van der Waals surface area (Å²) in [5.41, 5.74) is 3.96. The minimum Gasteiger partial charge on any atom is -0.356 e. The number of anilines is 2. The van der Waals surface area contributed by atoms with Crippen molar-refractivity contribution in [2.75, 3.05) is 5.32 Å². The number of unbranched alkanes of at least 4 members (excludes halogenated alkanes) is 1. The van der Waals surface area contributed by atoms with Crippen molar-refractivity contribution in [3.8, 4) is 0 Å². The number of rotatable bonds is 6. The first-order chi connectivity index (χ1) is 9.62. The lowest BCUT2D eigenvalue weighted by atomic mass is 9.80. The molecule has 0 saturated heterocycles. The quantitative estimate of drug-likeness (QED) is 0.687. The van der Waals surface area contributed by atoms with Crippen molar-refractivity contribution in [1.82, 2.24) is 0 Å². The summed E-state index contributed by atoms with van der Waals surface area (Å²) in [6, 6.07) is 19.1. The molecule has 0 amide bonds. The maximum absolute atomic E-state index is 3.43. The van der Waals surface area contributed by atoms with Crippen LogP contribution in [0.3, 0.4) is 0 Å². The predicted octanol–water partition coefficient (Wildman–Crippen LogP) is 5.90. The molecule has 0 heterocycles. The van der Waals surface area contributed by atoms with Crippen LogP contribution >= 0.6 is 0 Å². The number of benzene rings is 2. The third kappa shape index (κ3) is 3.86. The van der Waals surface area contributed by atoms with Crippen LogP contribution in [-0.4, -0.2) is 0 Å². The molecule has 0 aliphatic carbocycles. The second-order valence-corrected chi connectivity index (χ2v) is 6.06. The van der Waals surface area contributed by atoms with Crippen molar-refractivity contribution >= 4 is 11.4 Å². The second-order valence-electron chi connectivity index (χ2n) is 6.06. The van der Waals surface area contributed by atoms with Crippen LogP contribution in [0, 0.1) is 0 Å². The molecular formula is C19H25N. The molecular weight excluding hydrogens is 242 g/mol. The third-order valence-electron chi connectivity index (χ3n) is 3.88. The molecule has 20 heavy (non-hydrogen) atoms. The summed E-state index contributed by atoms with van der Waals surface area (Å²) in [6.07, 6.45) is 3.79. The van der Waals surface area contributed by atoms with Gasteiger partial charge in [-0.3, -0.25) is 0 Å². The minimum absolute atomic E-state index is 0.265. The summed E-state index contributed by atoms with van der Waals surface area (Å²) >= 11 is 0. The predicted molar refractivity (Wildman–Crippen MR) is 88.7 cm³/mol. The SMILES string of the molecule is CCCCC(C)(C)c1ccc(Nc2ccccc2)cc1. The Balaban J connectivity index is 2.06. The largest absolute Gasteiger partial charge is 0.356 e. The molecule has 106 valence electrons. The monoisotopic (exact) mass is 267 g/mol. The molecule has 0 radical (unpaired) electrons. The Morgan fingerprint density at radius 2 is 1.45 bits per heavy atom. The Kier molecular flexibility index (Phi) is 4.84. The molecule has 1 nitrogen and oxygen atoms in total. The number of para-hydroxylation sites is 1. The number of hydrogen-bond acceptors (Lipinski definition) is 1. The van der Waals surface area contributed by atoms with Crippen molar-refractivity contribution in [2.24, 2.45) is 0 Å². The maximum atomic E-state index is 3.43. The first-order valence-corrected chi connectivity index (χ1v) is 7.54. The van der Waals surface area contributed by atoms with E-state index in [-0.39, 0.29) is 5.41 Å². The van der Waals surface area contributed by atoms with E-state index in [1.165, 1.54) is 24.8 Å². The fraction of sp³-hybridized carbons (Fsp3) is 0.368. The molecule has 0 saturated carbocycles. The molecule has 0 aliphatic rings. The van der Waals surface area contributed by atoms with Gasteiger partial charge in [0, 0.05) is 11.4 Å². The summed E-state index contributed by atoms with van der Waals surface area (Å²) in [7, 11) is 0. The summed E-state index contributed by atoms with van der Waals surface area (Å²) < 4.78 is 0. The lowest BCUT2D eigenvalue weighted by molar-refractivity contribution is 0.458. The van der Waals surface area contributed by atoms with Gasteiger partial charge in [-0.2, -0.15) is 0 Å². The normalized spacial score (nSPS) is 11.3. The van der Waals surface area contributed by atoms with Crippen LogP contribution in [-0.2, 0) is 5.41 Å². The van der Waals surface area contributed by atoms with Crippen LogP contribution in [0.2, 0.25) is 0 Å². The highest BCUT2D eigenvalue weighted by molar-refractivity contribution is 5.59. The van der Waals surface area contributed by atoms with Gasteiger partial charge in [0.2, 0.25) is 0 Å². The Bertz CT molecular complexity index is 511. The van der Waals surface area contributed by atoms with Gasteiger partial charge in [0.05, 0.1) is 0 Å². The Labute approximate surface area is 123 Å². The van der Waals surface area contributed by atoms with Crippen molar-refractivity contribution < 1.29 is 0 Å². The van der Waals surface area contributed by atoms with Gasteiger partial charge in [-0.1, -0.05) is 63.9 Å². The van der Waals surface area contributed by atoms with Gasteiger partial charge in [-0.25, -0.2) is 0 Å². The summed E-state index contributed by atoms with van der Waals surface area (Å²) in [5, 5.41) is 3.43. The molecule has 0 atom stereocenters. The molecule has 0 spiro atoms. The number of hydrogen-bond donors (Lipinski definition) is 1. The zero-order valence-electron chi connectivity index (χ0n) is 12.8. The van der Waals surface area contributed by atoms with Gasteiger partial charge >= 0.3 is 0 Å². The van der Waals surface area contributed by atoms with Crippen molar-refractivity contribution in [3.05, 3.63) is 60.2 Å². The smallest absolute Gasteiger partial charge is 0.0384 e. The molecule has 0 aliphatic heterocycles. The Morgan fingerprint density at radius 1 is 0.850 bits per heavy atom. The van der Waals surface area contributed by atoms with E-state index in [9.17, 15) is 0 Å². The summed E-state index contributed by atoms with van der Waals surface area (Å²) in [5.74, 6) is 0. The van der Waals surface area contributed by atoms with Gasteiger partial charge in [0.25, 0.3) is 0 Å². The first kappa shape index (κ1) is 14.6. The molecule has 2 rings (SSSR count). The van der Waals surface area contributed by atoms with E-state index in [1.54, 1.807) is 0 Å². The van der Waals surface area contributed by atoms with Gasteiger partial charge in [-0.15, -0.1) is 0 Å². The van der Waals surface area contributed by atoms with Gasteiger partial charge in [0.15, 0.2) is 0 Å². The molecule has 1 heteroatoms. The lowest BCUT2D eigenvalue weighted by Gasteiger charge is -2.25. The molecule has 0 fully saturated rings. The molecule has 1 N–H and O–H groups in total. The van der Waals surface area contributed by atoms with Crippen LogP contribution in [0.4, 0.5) is 11.4 Å². The zero-order chi connectivity index (χ0) is 14.4. The minimum atomic E-state index is 0.265. The van der Waals surface area contributed by atoms with Crippen LogP contribution in [0.1, 0.15) is 45.6 Å². The Hall–Kier alpha value is -1.76. The average molecular weight is 267 g/mol. The molecule has 2 aromatic rings.